The maximum atomic E-state index is 11.7. The van der Waals surface area contributed by atoms with E-state index < -0.39 is 10.9 Å². The van der Waals surface area contributed by atoms with Crippen LogP contribution in [0.3, 0.4) is 0 Å². The second-order valence-electron chi connectivity index (χ2n) is 4.54. The van der Waals surface area contributed by atoms with Gasteiger partial charge in [0.05, 0.1) is 15.0 Å². The Morgan fingerprint density at radius 2 is 1.96 bits per heavy atom. The van der Waals surface area contributed by atoms with Crippen LogP contribution >= 0.6 is 23.2 Å². The number of esters is 1. The lowest BCUT2D eigenvalue weighted by atomic mass is 10.2. The number of carbonyl (C=O) groups is 1. The molecule has 0 aromatic heterocycles. The van der Waals surface area contributed by atoms with Crippen molar-refractivity contribution >= 4 is 40.9 Å². The standard InChI is InChI=1S/C16H11Cl2NO4/c17-14-6-4-12(9-15(14)18)10-23-16(20)7-5-11-2-1-3-13(8-11)19(21)22/h1-9H,10H2/b7-5+. The summed E-state index contributed by atoms with van der Waals surface area (Å²) in [6.07, 6.45) is 2.65. The molecule has 0 spiro atoms. The molecule has 5 nitrogen and oxygen atoms in total. The molecule has 0 N–H and O–H groups in total. The van der Waals surface area contributed by atoms with Gasteiger partial charge in [0.15, 0.2) is 0 Å². The van der Waals surface area contributed by atoms with Crippen molar-refractivity contribution in [2.75, 3.05) is 0 Å². The van der Waals surface area contributed by atoms with Gasteiger partial charge in [-0.25, -0.2) is 4.79 Å². The van der Waals surface area contributed by atoms with E-state index >= 15 is 0 Å². The fourth-order valence-electron chi connectivity index (χ4n) is 1.74. The summed E-state index contributed by atoms with van der Waals surface area (Å²) in [5, 5.41) is 11.5. The molecule has 2 aromatic carbocycles. The number of halogens is 2. The predicted octanol–water partition coefficient (Wildman–Crippen LogP) is 4.66. The molecule has 23 heavy (non-hydrogen) atoms. The van der Waals surface area contributed by atoms with Crippen LogP contribution in [0.5, 0.6) is 0 Å². The SMILES string of the molecule is O=C(/C=C/c1cccc([N+](=O)[O-])c1)OCc1ccc(Cl)c(Cl)c1. The first-order chi connectivity index (χ1) is 11.0. The Kier molecular flexibility index (Phi) is 5.73. The second kappa shape index (κ2) is 7.76. The minimum Gasteiger partial charge on any atom is -0.458 e. The number of carbonyl (C=O) groups excluding carboxylic acids is 1. The number of nitrogens with zero attached hydrogens (tertiary/aromatic N) is 1. The summed E-state index contributed by atoms with van der Waals surface area (Å²) < 4.78 is 5.06. The van der Waals surface area contributed by atoms with Crippen LogP contribution in [-0.2, 0) is 16.1 Å². The number of nitro benzene ring substituents is 1. The summed E-state index contributed by atoms with van der Waals surface area (Å²) in [5.74, 6) is -0.567. The molecule has 0 saturated carbocycles. The highest BCUT2D eigenvalue weighted by atomic mass is 35.5. The van der Waals surface area contributed by atoms with Crippen molar-refractivity contribution < 1.29 is 14.5 Å². The van der Waals surface area contributed by atoms with E-state index in [4.69, 9.17) is 27.9 Å². The summed E-state index contributed by atoms with van der Waals surface area (Å²) in [7, 11) is 0. The molecular formula is C16H11Cl2NO4. The average molecular weight is 352 g/mol. The van der Waals surface area contributed by atoms with Crippen molar-refractivity contribution in [3.63, 3.8) is 0 Å². The Balaban J connectivity index is 1.95. The Hall–Kier alpha value is -2.37. The molecule has 0 radical (unpaired) electrons. The number of nitro groups is 1. The Morgan fingerprint density at radius 1 is 1.17 bits per heavy atom. The van der Waals surface area contributed by atoms with Gasteiger partial charge in [-0.1, -0.05) is 41.4 Å². The zero-order valence-corrected chi connectivity index (χ0v) is 13.3. The third-order valence-electron chi connectivity index (χ3n) is 2.86. The van der Waals surface area contributed by atoms with Gasteiger partial charge in [-0.05, 0) is 29.3 Å². The molecule has 2 aromatic rings. The zero-order chi connectivity index (χ0) is 16.8. The summed E-state index contributed by atoms with van der Waals surface area (Å²) in [5.41, 5.74) is 1.19. The number of rotatable bonds is 5. The molecule has 0 aliphatic rings. The highest BCUT2D eigenvalue weighted by Crippen LogP contribution is 2.23. The highest BCUT2D eigenvalue weighted by Gasteiger charge is 2.05. The van der Waals surface area contributed by atoms with E-state index in [1.807, 2.05) is 0 Å². The highest BCUT2D eigenvalue weighted by molar-refractivity contribution is 6.42. The van der Waals surface area contributed by atoms with Crippen LogP contribution < -0.4 is 0 Å². The van der Waals surface area contributed by atoms with E-state index in [1.54, 1.807) is 30.3 Å². The van der Waals surface area contributed by atoms with Crippen LogP contribution in [0, 0.1) is 10.1 Å². The summed E-state index contributed by atoms with van der Waals surface area (Å²) >= 11 is 11.7. The van der Waals surface area contributed by atoms with Gasteiger partial charge in [-0.2, -0.15) is 0 Å². The van der Waals surface area contributed by atoms with E-state index in [9.17, 15) is 14.9 Å². The zero-order valence-electron chi connectivity index (χ0n) is 11.7. The third-order valence-corrected chi connectivity index (χ3v) is 3.60. The lowest BCUT2D eigenvalue weighted by molar-refractivity contribution is -0.384. The van der Waals surface area contributed by atoms with Gasteiger partial charge in [-0.15, -0.1) is 0 Å². The summed E-state index contributed by atoms with van der Waals surface area (Å²) in [6, 6.07) is 10.9. The summed E-state index contributed by atoms with van der Waals surface area (Å²) in [4.78, 5) is 21.8. The number of non-ortho nitro benzene ring substituents is 1. The van der Waals surface area contributed by atoms with Gasteiger partial charge in [0.25, 0.3) is 5.69 Å². The topological polar surface area (TPSA) is 69.4 Å². The minimum atomic E-state index is -0.567. The van der Waals surface area contributed by atoms with Crippen molar-refractivity contribution in [2.24, 2.45) is 0 Å². The number of hydrogen-bond donors (Lipinski definition) is 0. The molecule has 7 heteroatoms. The molecule has 0 heterocycles. The Morgan fingerprint density at radius 3 is 2.65 bits per heavy atom. The van der Waals surface area contributed by atoms with E-state index in [0.717, 1.165) is 0 Å². The Bertz CT molecular complexity index is 774. The van der Waals surface area contributed by atoms with Crippen molar-refractivity contribution in [2.45, 2.75) is 6.61 Å². The van der Waals surface area contributed by atoms with E-state index in [2.05, 4.69) is 0 Å². The average Bonchev–Trinajstić information content (AvgIpc) is 2.54. The van der Waals surface area contributed by atoms with Crippen LogP contribution in [0.1, 0.15) is 11.1 Å². The molecular weight excluding hydrogens is 341 g/mol. The van der Waals surface area contributed by atoms with E-state index in [0.29, 0.717) is 21.2 Å². The minimum absolute atomic E-state index is 0.0451. The molecule has 0 bridgehead atoms. The monoisotopic (exact) mass is 351 g/mol. The van der Waals surface area contributed by atoms with Crippen LogP contribution in [0.4, 0.5) is 5.69 Å². The molecule has 0 atom stereocenters. The third kappa shape index (κ3) is 5.09. The normalized spacial score (nSPS) is 10.7. The molecule has 0 unspecified atom stereocenters. The first-order valence-corrected chi connectivity index (χ1v) is 7.24. The molecule has 118 valence electrons. The number of benzene rings is 2. The smallest absolute Gasteiger partial charge is 0.331 e. The molecule has 0 amide bonds. The Labute approximate surface area is 142 Å². The lowest BCUT2D eigenvalue weighted by Gasteiger charge is -2.03. The van der Waals surface area contributed by atoms with E-state index in [-0.39, 0.29) is 12.3 Å². The van der Waals surface area contributed by atoms with Crippen molar-refractivity contribution in [3.05, 3.63) is 79.8 Å². The van der Waals surface area contributed by atoms with Gasteiger partial charge in [0, 0.05) is 18.2 Å². The molecule has 2 rings (SSSR count). The quantitative estimate of drug-likeness (QED) is 0.340. The molecule has 0 aliphatic heterocycles. The van der Waals surface area contributed by atoms with Gasteiger partial charge < -0.3 is 4.74 Å². The largest absolute Gasteiger partial charge is 0.458 e. The first-order valence-electron chi connectivity index (χ1n) is 6.49. The molecule has 0 fully saturated rings. The van der Waals surface area contributed by atoms with Crippen molar-refractivity contribution in [1.82, 2.24) is 0 Å². The maximum absolute atomic E-state index is 11.7. The van der Waals surface area contributed by atoms with Crippen molar-refractivity contribution in [1.29, 1.82) is 0 Å². The molecule has 0 aliphatic carbocycles. The van der Waals surface area contributed by atoms with Crippen molar-refractivity contribution in [3.8, 4) is 0 Å². The van der Waals surface area contributed by atoms with Gasteiger partial charge in [0.1, 0.15) is 6.61 Å². The first kappa shape index (κ1) is 17.0. The van der Waals surface area contributed by atoms with Gasteiger partial charge >= 0.3 is 5.97 Å². The van der Waals surface area contributed by atoms with E-state index in [1.165, 1.54) is 24.3 Å². The maximum Gasteiger partial charge on any atom is 0.331 e. The van der Waals surface area contributed by atoms with Crippen LogP contribution in [0.2, 0.25) is 10.0 Å². The summed E-state index contributed by atoms with van der Waals surface area (Å²) in [6.45, 7) is 0.0506. The van der Waals surface area contributed by atoms with Gasteiger partial charge in [0.2, 0.25) is 0 Å². The fourth-order valence-corrected chi connectivity index (χ4v) is 2.06. The number of ether oxygens (including phenoxy) is 1. The van der Waals surface area contributed by atoms with Crippen LogP contribution in [-0.4, -0.2) is 10.9 Å². The van der Waals surface area contributed by atoms with Crippen LogP contribution in [0.15, 0.2) is 48.5 Å². The molecule has 0 saturated heterocycles. The van der Waals surface area contributed by atoms with Gasteiger partial charge in [-0.3, -0.25) is 10.1 Å². The number of hydrogen-bond acceptors (Lipinski definition) is 4. The fraction of sp³-hybridized carbons (Fsp3) is 0.0625. The van der Waals surface area contributed by atoms with Crippen LogP contribution in [0.25, 0.3) is 6.08 Å². The second-order valence-corrected chi connectivity index (χ2v) is 5.36. The predicted molar refractivity (Wildman–Crippen MR) is 88.4 cm³/mol. The lowest BCUT2D eigenvalue weighted by Crippen LogP contribution is -2.00.